The molecule has 0 spiro atoms. The van der Waals surface area contributed by atoms with E-state index in [0.29, 0.717) is 13.0 Å². The molecule has 1 atom stereocenters. The Hall–Kier alpha value is -1.84. The third-order valence-corrected chi connectivity index (χ3v) is 3.70. The summed E-state index contributed by atoms with van der Waals surface area (Å²) in [5.41, 5.74) is 1.17. The molecule has 0 saturated carbocycles. The van der Waals surface area contributed by atoms with E-state index >= 15 is 0 Å². The Morgan fingerprint density at radius 2 is 1.86 bits per heavy atom. The van der Waals surface area contributed by atoms with E-state index in [1.54, 1.807) is 0 Å². The predicted molar refractivity (Wildman–Crippen MR) is 83.1 cm³/mol. The normalized spacial score (nSPS) is 12.7. The number of rotatable bonds is 8. The van der Waals surface area contributed by atoms with Gasteiger partial charge in [0, 0.05) is 19.4 Å². The van der Waals surface area contributed by atoms with Crippen LogP contribution in [-0.2, 0) is 15.0 Å². The highest BCUT2D eigenvalue weighted by Crippen LogP contribution is 2.27. The van der Waals surface area contributed by atoms with Crippen LogP contribution in [0.2, 0.25) is 0 Å². The van der Waals surface area contributed by atoms with Crippen LogP contribution in [0.15, 0.2) is 30.3 Å². The van der Waals surface area contributed by atoms with Crippen molar-refractivity contribution in [3.8, 4) is 0 Å². The number of hydrogen-bond acceptors (Lipinski definition) is 2. The molecule has 0 aliphatic heterocycles. The summed E-state index contributed by atoms with van der Waals surface area (Å²) in [6, 6.07) is 10.1. The Kier molecular flexibility index (Phi) is 6.40. The summed E-state index contributed by atoms with van der Waals surface area (Å²) in [4.78, 5) is 22.4. The summed E-state index contributed by atoms with van der Waals surface area (Å²) in [5, 5.41) is 11.5. The van der Waals surface area contributed by atoms with Crippen molar-refractivity contribution < 1.29 is 14.7 Å². The summed E-state index contributed by atoms with van der Waals surface area (Å²) in [6.45, 7) is 6.49. The molecule has 116 valence electrons. The Labute approximate surface area is 126 Å². The molecule has 0 saturated heterocycles. The third-order valence-electron chi connectivity index (χ3n) is 3.70. The first-order valence-corrected chi connectivity index (χ1v) is 7.35. The van der Waals surface area contributed by atoms with Gasteiger partial charge in [0.2, 0.25) is 5.91 Å². The maximum Gasteiger partial charge on any atom is 0.303 e. The van der Waals surface area contributed by atoms with Gasteiger partial charge in [0.25, 0.3) is 0 Å². The van der Waals surface area contributed by atoms with Crippen molar-refractivity contribution in [1.82, 2.24) is 5.32 Å². The van der Waals surface area contributed by atoms with Gasteiger partial charge in [-0.1, -0.05) is 51.1 Å². The van der Waals surface area contributed by atoms with Crippen molar-refractivity contribution >= 4 is 11.9 Å². The van der Waals surface area contributed by atoms with Crippen molar-refractivity contribution in [3.63, 3.8) is 0 Å². The molecule has 0 aromatic heterocycles. The lowest BCUT2D eigenvalue weighted by Crippen LogP contribution is -2.30. The molecule has 1 amide bonds. The molecular formula is C17H25NO3. The van der Waals surface area contributed by atoms with Crippen LogP contribution in [0.4, 0.5) is 0 Å². The summed E-state index contributed by atoms with van der Waals surface area (Å²) < 4.78 is 0. The van der Waals surface area contributed by atoms with E-state index < -0.39 is 5.97 Å². The van der Waals surface area contributed by atoms with Crippen molar-refractivity contribution in [2.75, 3.05) is 6.54 Å². The second-order valence-electron chi connectivity index (χ2n) is 6.26. The van der Waals surface area contributed by atoms with Crippen LogP contribution in [0.1, 0.15) is 45.6 Å². The number of carbonyl (C=O) groups is 2. The van der Waals surface area contributed by atoms with E-state index in [9.17, 15) is 9.59 Å². The Morgan fingerprint density at radius 1 is 1.24 bits per heavy atom. The zero-order valence-electron chi connectivity index (χ0n) is 13.1. The summed E-state index contributed by atoms with van der Waals surface area (Å²) in [5.74, 6) is -0.896. The van der Waals surface area contributed by atoms with Gasteiger partial charge in [0.1, 0.15) is 0 Å². The molecule has 0 heterocycles. The van der Waals surface area contributed by atoms with Crippen molar-refractivity contribution in [2.45, 2.75) is 45.4 Å². The molecular weight excluding hydrogens is 266 g/mol. The average Bonchev–Trinajstić information content (AvgIpc) is 2.43. The number of carboxylic acid groups (broad SMARTS) is 1. The first-order valence-electron chi connectivity index (χ1n) is 7.35. The molecule has 0 aliphatic carbocycles. The van der Waals surface area contributed by atoms with Crippen molar-refractivity contribution in [2.24, 2.45) is 5.92 Å². The summed E-state index contributed by atoms with van der Waals surface area (Å²) in [7, 11) is 0. The number of carbonyl (C=O) groups excluding carboxylic acids is 1. The smallest absolute Gasteiger partial charge is 0.303 e. The topological polar surface area (TPSA) is 66.4 Å². The van der Waals surface area contributed by atoms with Gasteiger partial charge in [0.05, 0.1) is 0 Å². The van der Waals surface area contributed by atoms with Gasteiger partial charge in [0.15, 0.2) is 0 Å². The minimum atomic E-state index is -0.832. The van der Waals surface area contributed by atoms with Crippen molar-refractivity contribution in [1.29, 1.82) is 0 Å². The zero-order chi connectivity index (χ0) is 15.9. The molecule has 1 aromatic carbocycles. The van der Waals surface area contributed by atoms with Gasteiger partial charge in [-0.15, -0.1) is 0 Å². The maximum atomic E-state index is 11.9. The second-order valence-corrected chi connectivity index (χ2v) is 6.26. The second kappa shape index (κ2) is 7.81. The van der Waals surface area contributed by atoms with Crippen LogP contribution < -0.4 is 5.32 Å². The Morgan fingerprint density at radius 3 is 2.43 bits per heavy atom. The standard InChI is InChI=1S/C17H25NO3/c1-13(11-16(20)21)12-18-15(19)9-10-17(2,3)14-7-5-4-6-8-14/h4-8,13H,9-12H2,1-3H3,(H,18,19)(H,20,21). The molecule has 0 fully saturated rings. The van der Waals surface area contributed by atoms with Gasteiger partial charge < -0.3 is 10.4 Å². The van der Waals surface area contributed by atoms with Crippen LogP contribution in [0, 0.1) is 5.92 Å². The van der Waals surface area contributed by atoms with Crippen LogP contribution in [0.3, 0.4) is 0 Å². The first kappa shape index (κ1) is 17.2. The van der Waals surface area contributed by atoms with E-state index in [1.807, 2.05) is 25.1 Å². The number of carboxylic acids is 1. The number of hydrogen-bond donors (Lipinski definition) is 2. The van der Waals surface area contributed by atoms with Gasteiger partial charge in [-0.2, -0.15) is 0 Å². The summed E-state index contributed by atoms with van der Waals surface area (Å²) in [6.07, 6.45) is 1.29. The molecule has 4 heteroatoms. The van der Waals surface area contributed by atoms with Gasteiger partial charge in [-0.05, 0) is 23.3 Å². The lowest BCUT2D eigenvalue weighted by molar-refractivity contribution is -0.138. The first-order chi connectivity index (χ1) is 9.81. The highest BCUT2D eigenvalue weighted by atomic mass is 16.4. The Bertz CT molecular complexity index is 468. The molecule has 0 aliphatic rings. The quantitative estimate of drug-likeness (QED) is 0.774. The van der Waals surface area contributed by atoms with Crippen LogP contribution in [-0.4, -0.2) is 23.5 Å². The Balaban J connectivity index is 2.37. The molecule has 0 bridgehead atoms. The fourth-order valence-electron chi connectivity index (χ4n) is 2.21. The lowest BCUT2D eigenvalue weighted by atomic mass is 9.80. The highest BCUT2D eigenvalue weighted by Gasteiger charge is 2.21. The molecule has 4 nitrogen and oxygen atoms in total. The monoisotopic (exact) mass is 291 g/mol. The van der Waals surface area contributed by atoms with Crippen molar-refractivity contribution in [3.05, 3.63) is 35.9 Å². The fourth-order valence-corrected chi connectivity index (χ4v) is 2.21. The molecule has 1 rings (SSSR count). The maximum absolute atomic E-state index is 11.9. The average molecular weight is 291 g/mol. The molecule has 21 heavy (non-hydrogen) atoms. The van der Waals surface area contributed by atoms with Gasteiger partial charge >= 0.3 is 5.97 Å². The number of benzene rings is 1. The van der Waals surface area contributed by atoms with Crippen LogP contribution in [0.5, 0.6) is 0 Å². The number of nitrogens with one attached hydrogen (secondary N) is 1. The van der Waals surface area contributed by atoms with E-state index in [1.165, 1.54) is 5.56 Å². The zero-order valence-corrected chi connectivity index (χ0v) is 13.1. The fraction of sp³-hybridized carbons (Fsp3) is 0.529. The highest BCUT2D eigenvalue weighted by molar-refractivity contribution is 5.76. The van der Waals surface area contributed by atoms with Gasteiger partial charge in [-0.25, -0.2) is 0 Å². The minimum Gasteiger partial charge on any atom is -0.481 e. The minimum absolute atomic E-state index is 0.0174. The van der Waals surface area contributed by atoms with E-state index in [2.05, 4.69) is 31.3 Å². The largest absolute Gasteiger partial charge is 0.481 e. The van der Waals surface area contributed by atoms with Crippen LogP contribution >= 0.6 is 0 Å². The van der Waals surface area contributed by atoms with E-state index in [0.717, 1.165) is 6.42 Å². The molecule has 2 N–H and O–H groups in total. The molecule has 1 aromatic rings. The summed E-state index contributed by atoms with van der Waals surface area (Å²) >= 11 is 0. The lowest BCUT2D eigenvalue weighted by Gasteiger charge is -2.25. The van der Waals surface area contributed by atoms with Gasteiger partial charge in [-0.3, -0.25) is 9.59 Å². The molecule has 1 unspecified atom stereocenters. The number of amides is 1. The number of aliphatic carboxylic acids is 1. The molecule has 0 radical (unpaired) electrons. The SMILES string of the molecule is CC(CNC(=O)CCC(C)(C)c1ccccc1)CC(=O)O. The third kappa shape index (κ3) is 6.43. The van der Waals surface area contributed by atoms with Crippen LogP contribution in [0.25, 0.3) is 0 Å². The van der Waals surface area contributed by atoms with E-state index in [4.69, 9.17) is 5.11 Å². The van der Waals surface area contributed by atoms with E-state index in [-0.39, 0.29) is 23.7 Å². The predicted octanol–water partition coefficient (Wildman–Crippen LogP) is 2.97.